The van der Waals surface area contributed by atoms with Gasteiger partial charge in [-0.2, -0.15) is 0 Å². The van der Waals surface area contributed by atoms with Crippen LogP contribution in [-0.2, 0) is 12.0 Å². The summed E-state index contributed by atoms with van der Waals surface area (Å²) in [4.78, 5) is 1.23. The Balaban J connectivity index is 2.20. The van der Waals surface area contributed by atoms with E-state index in [-0.39, 0.29) is 5.41 Å². The molecule has 0 spiro atoms. The van der Waals surface area contributed by atoms with Crippen molar-refractivity contribution in [2.24, 2.45) is 0 Å². The molecule has 0 atom stereocenters. The highest BCUT2D eigenvalue weighted by molar-refractivity contribution is 9.10. The maximum atomic E-state index is 6.01. The first-order valence-corrected chi connectivity index (χ1v) is 8.00. The number of hydrogen-bond donors (Lipinski definition) is 0. The summed E-state index contributed by atoms with van der Waals surface area (Å²) in [6.45, 7) is 9.40. The van der Waals surface area contributed by atoms with Crippen LogP contribution in [0.4, 0.5) is 0 Å². The maximum absolute atomic E-state index is 6.01. The molecule has 1 heterocycles. The van der Waals surface area contributed by atoms with Crippen molar-refractivity contribution >= 4 is 27.3 Å². The van der Waals surface area contributed by atoms with Crippen LogP contribution >= 0.6 is 27.3 Å². The Hall–Kier alpha value is -0.800. The molecule has 2 aromatic rings. The molecule has 1 aromatic carbocycles. The molecular formula is C16H19BrOS. The zero-order chi connectivity index (χ0) is 14.0. The Labute approximate surface area is 127 Å². The van der Waals surface area contributed by atoms with Gasteiger partial charge in [0.1, 0.15) is 12.4 Å². The van der Waals surface area contributed by atoms with Crippen LogP contribution in [0.25, 0.3) is 0 Å². The number of rotatable bonds is 3. The van der Waals surface area contributed by atoms with Crippen LogP contribution in [0.15, 0.2) is 34.1 Å². The second-order valence-corrected chi connectivity index (χ2v) is 7.68. The van der Waals surface area contributed by atoms with E-state index in [1.165, 1.54) is 16.0 Å². The Bertz CT molecular complexity index is 566. The van der Waals surface area contributed by atoms with Gasteiger partial charge in [0.25, 0.3) is 0 Å². The molecule has 1 nitrogen and oxygen atoms in total. The fraction of sp³-hybridized carbons (Fsp3) is 0.375. The monoisotopic (exact) mass is 338 g/mol. The van der Waals surface area contributed by atoms with E-state index in [1.807, 2.05) is 0 Å². The molecule has 0 N–H and O–H groups in total. The van der Waals surface area contributed by atoms with Crippen LogP contribution < -0.4 is 4.74 Å². The predicted molar refractivity (Wildman–Crippen MR) is 86.2 cm³/mol. The zero-order valence-electron chi connectivity index (χ0n) is 11.8. The molecule has 1 aromatic heterocycles. The van der Waals surface area contributed by atoms with Crippen LogP contribution in [0.2, 0.25) is 0 Å². The summed E-state index contributed by atoms with van der Waals surface area (Å²) in [6, 6.07) is 8.52. The summed E-state index contributed by atoms with van der Waals surface area (Å²) < 4.78 is 7.13. The Morgan fingerprint density at radius 1 is 1.21 bits per heavy atom. The summed E-state index contributed by atoms with van der Waals surface area (Å²) in [7, 11) is 0. The maximum Gasteiger partial charge on any atom is 0.123 e. The van der Waals surface area contributed by atoms with Gasteiger partial charge in [0.2, 0.25) is 0 Å². The quantitative estimate of drug-likeness (QED) is 0.697. The third-order valence-corrected chi connectivity index (χ3v) is 4.61. The third-order valence-electron chi connectivity index (χ3n) is 2.93. The zero-order valence-corrected chi connectivity index (χ0v) is 14.2. The summed E-state index contributed by atoms with van der Waals surface area (Å²) in [6.07, 6.45) is 0. The molecule has 0 bridgehead atoms. The first-order chi connectivity index (χ1) is 8.86. The average molecular weight is 339 g/mol. The Kier molecular flexibility index (Phi) is 4.36. The first kappa shape index (κ1) is 14.6. The van der Waals surface area contributed by atoms with Crippen molar-refractivity contribution in [1.82, 2.24) is 0 Å². The fourth-order valence-corrected chi connectivity index (χ4v) is 3.30. The van der Waals surface area contributed by atoms with Crippen molar-refractivity contribution in [1.29, 1.82) is 0 Å². The number of benzene rings is 1. The predicted octanol–water partition coefficient (Wildman–Crippen LogP) is 5.70. The van der Waals surface area contributed by atoms with Crippen LogP contribution in [0, 0.1) is 6.92 Å². The average Bonchev–Trinajstić information content (AvgIpc) is 2.72. The minimum Gasteiger partial charge on any atom is -0.488 e. The molecule has 0 amide bonds. The second-order valence-electron chi connectivity index (χ2n) is 5.77. The topological polar surface area (TPSA) is 9.23 Å². The second kappa shape index (κ2) is 5.68. The van der Waals surface area contributed by atoms with Gasteiger partial charge in [0, 0.05) is 14.7 Å². The normalized spacial score (nSPS) is 11.6. The van der Waals surface area contributed by atoms with Gasteiger partial charge in [-0.25, -0.2) is 0 Å². The lowest BCUT2D eigenvalue weighted by molar-refractivity contribution is 0.301. The SMILES string of the molecule is Cc1ccc(OCc2cc(Br)cs2)c(C(C)(C)C)c1. The molecule has 0 saturated carbocycles. The van der Waals surface area contributed by atoms with Gasteiger partial charge in [-0.1, -0.05) is 38.5 Å². The largest absolute Gasteiger partial charge is 0.488 e. The van der Waals surface area contributed by atoms with Crippen molar-refractivity contribution in [2.75, 3.05) is 0 Å². The summed E-state index contributed by atoms with van der Waals surface area (Å²) in [5.74, 6) is 0.989. The minimum atomic E-state index is 0.0946. The van der Waals surface area contributed by atoms with Gasteiger partial charge in [-0.15, -0.1) is 11.3 Å². The smallest absolute Gasteiger partial charge is 0.123 e. The van der Waals surface area contributed by atoms with Crippen LogP contribution in [0.1, 0.15) is 36.8 Å². The van der Waals surface area contributed by atoms with Gasteiger partial charge in [0.15, 0.2) is 0 Å². The van der Waals surface area contributed by atoms with Gasteiger partial charge >= 0.3 is 0 Å². The Morgan fingerprint density at radius 3 is 2.53 bits per heavy atom. The standard InChI is InChI=1S/C16H19BrOS/c1-11-5-6-15(14(7-11)16(2,3)4)18-9-13-8-12(17)10-19-13/h5-8,10H,9H2,1-4H3. The van der Waals surface area contributed by atoms with Crippen LogP contribution in [0.5, 0.6) is 5.75 Å². The molecule has 102 valence electrons. The van der Waals surface area contributed by atoms with Gasteiger partial charge in [-0.3, -0.25) is 0 Å². The molecule has 19 heavy (non-hydrogen) atoms. The number of aryl methyl sites for hydroxylation is 1. The number of hydrogen-bond acceptors (Lipinski definition) is 2. The van der Waals surface area contributed by atoms with E-state index < -0.39 is 0 Å². The van der Waals surface area contributed by atoms with Gasteiger partial charge < -0.3 is 4.74 Å². The molecule has 0 aliphatic heterocycles. The molecule has 0 unspecified atom stereocenters. The highest BCUT2D eigenvalue weighted by Gasteiger charge is 2.19. The molecule has 0 aliphatic carbocycles. The van der Waals surface area contributed by atoms with Crippen molar-refractivity contribution in [2.45, 2.75) is 39.7 Å². The van der Waals surface area contributed by atoms with Crippen molar-refractivity contribution in [3.8, 4) is 5.75 Å². The van der Waals surface area contributed by atoms with Crippen LogP contribution in [0.3, 0.4) is 0 Å². The molecular weight excluding hydrogens is 320 g/mol. The van der Waals surface area contributed by atoms with Crippen LogP contribution in [-0.4, -0.2) is 0 Å². The molecule has 3 heteroatoms. The third kappa shape index (κ3) is 3.83. The first-order valence-electron chi connectivity index (χ1n) is 6.33. The van der Waals surface area contributed by atoms with Crippen molar-refractivity contribution < 1.29 is 4.74 Å². The lowest BCUT2D eigenvalue weighted by atomic mass is 9.85. The summed E-state index contributed by atoms with van der Waals surface area (Å²) in [5.41, 5.74) is 2.64. The lowest BCUT2D eigenvalue weighted by Gasteiger charge is -2.23. The van der Waals surface area contributed by atoms with Gasteiger partial charge in [0.05, 0.1) is 0 Å². The molecule has 2 rings (SSSR count). The van der Waals surface area contributed by atoms with E-state index in [0.29, 0.717) is 6.61 Å². The summed E-state index contributed by atoms with van der Waals surface area (Å²) >= 11 is 5.18. The number of halogens is 1. The number of thiophene rings is 1. The van der Waals surface area contributed by atoms with E-state index in [0.717, 1.165) is 10.2 Å². The van der Waals surface area contributed by atoms with E-state index >= 15 is 0 Å². The highest BCUT2D eigenvalue weighted by atomic mass is 79.9. The van der Waals surface area contributed by atoms with E-state index in [1.54, 1.807) is 11.3 Å². The van der Waals surface area contributed by atoms with Gasteiger partial charge in [-0.05, 0) is 46.0 Å². The lowest BCUT2D eigenvalue weighted by Crippen LogP contribution is -2.13. The molecule has 0 aliphatic rings. The summed E-state index contributed by atoms with van der Waals surface area (Å²) in [5, 5.41) is 2.08. The molecule has 0 radical (unpaired) electrons. The van der Waals surface area contributed by atoms with Crippen molar-refractivity contribution in [3.05, 3.63) is 50.1 Å². The van der Waals surface area contributed by atoms with Crippen molar-refractivity contribution in [3.63, 3.8) is 0 Å². The highest BCUT2D eigenvalue weighted by Crippen LogP contribution is 2.33. The fourth-order valence-electron chi connectivity index (χ4n) is 1.93. The Morgan fingerprint density at radius 2 is 1.95 bits per heavy atom. The molecule has 0 saturated heterocycles. The van der Waals surface area contributed by atoms with E-state index in [2.05, 4.69) is 73.3 Å². The number of ether oxygens (including phenoxy) is 1. The molecule has 0 fully saturated rings. The minimum absolute atomic E-state index is 0.0946. The van der Waals surface area contributed by atoms with E-state index in [4.69, 9.17) is 4.74 Å². The van der Waals surface area contributed by atoms with E-state index in [9.17, 15) is 0 Å².